The molecule has 3 rings (SSSR count). The van der Waals surface area contributed by atoms with Gasteiger partial charge in [0.15, 0.2) is 0 Å². The summed E-state index contributed by atoms with van der Waals surface area (Å²) in [5.41, 5.74) is 1.48. The molecule has 11 heteroatoms. The van der Waals surface area contributed by atoms with Gasteiger partial charge in [-0.05, 0) is 61.0 Å². The number of sulfonamides is 2. The lowest BCUT2D eigenvalue weighted by Gasteiger charge is -2.13. The summed E-state index contributed by atoms with van der Waals surface area (Å²) in [6.07, 6.45) is 0. The Kier molecular flexibility index (Phi) is 6.70. The van der Waals surface area contributed by atoms with Gasteiger partial charge in [0.1, 0.15) is 15.7 Å². The summed E-state index contributed by atoms with van der Waals surface area (Å²) >= 11 is 12.1. The van der Waals surface area contributed by atoms with Gasteiger partial charge in [-0.25, -0.2) is 16.8 Å². The van der Waals surface area contributed by atoms with E-state index in [9.17, 15) is 16.8 Å². The lowest BCUT2D eigenvalue weighted by atomic mass is 10.2. The molecule has 3 aromatic carbocycles. The molecule has 0 atom stereocenters. The largest absolute Gasteiger partial charge is 0.495 e. The molecule has 3 aromatic rings. The van der Waals surface area contributed by atoms with Crippen molar-refractivity contribution in [3.63, 3.8) is 0 Å². The summed E-state index contributed by atoms with van der Waals surface area (Å²) in [6.45, 7) is 1.85. The Morgan fingerprint density at radius 1 is 0.774 bits per heavy atom. The quantitative estimate of drug-likeness (QED) is 0.479. The van der Waals surface area contributed by atoms with Gasteiger partial charge in [0.05, 0.1) is 17.0 Å². The van der Waals surface area contributed by atoms with Crippen LogP contribution in [0.1, 0.15) is 5.56 Å². The number of hydrogen-bond donors (Lipinski definition) is 2. The third-order valence-electron chi connectivity index (χ3n) is 4.21. The van der Waals surface area contributed by atoms with E-state index in [1.54, 1.807) is 18.2 Å². The number of aryl methyl sites for hydroxylation is 1. The second kappa shape index (κ2) is 8.96. The lowest BCUT2D eigenvalue weighted by Crippen LogP contribution is -2.15. The summed E-state index contributed by atoms with van der Waals surface area (Å²) in [5.74, 6) is 0.237. The molecule has 31 heavy (non-hydrogen) atoms. The van der Waals surface area contributed by atoms with Crippen molar-refractivity contribution >= 4 is 54.6 Å². The summed E-state index contributed by atoms with van der Waals surface area (Å²) in [5, 5.41) is -0.217. The van der Waals surface area contributed by atoms with Crippen molar-refractivity contribution < 1.29 is 21.6 Å². The van der Waals surface area contributed by atoms with Crippen molar-refractivity contribution in [1.82, 2.24) is 0 Å². The molecule has 7 nitrogen and oxygen atoms in total. The van der Waals surface area contributed by atoms with E-state index in [0.29, 0.717) is 5.69 Å². The van der Waals surface area contributed by atoms with Gasteiger partial charge in [-0.3, -0.25) is 9.44 Å². The minimum Gasteiger partial charge on any atom is -0.495 e. The van der Waals surface area contributed by atoms with Crippen LogP contribution in [-0.2, 0) is 20.0 Å². The molecule has 0 aliphatic carbocycles. The molecule has 0 spiro atoms. The maximum Gasteiger partial charge on any atom is 0.263 e. The first-order valence-corrected chi connectivity index (χ1v) is 12.5. The third-order valence-corrected chi connectivity index (χ3v) is 8.01. The van der Waals surface area contributed by atoms with Gasteiger partial charge in [-0.2, -0.15) is 0 Å². The van der Waals surface area contributed by atoms with Crippen LogP contribution in [0.5, 0.6) is 5.75 Å². The molecular weight excluding hydrogens is 483 g/mol. The molecule has 0 fully saturated rings. The van der Waals surface area contributed by atoms with E-state index in [-0.39, 0.29) is 31.3 Å². The smallest absolute Gasteiger partial charge is 0.263 e. The van der Waals surface area contributed by atoms with Gasteiger partial charge < -0.3 is 4.74 Å². The van der Waals surface area contributed by atoms with Crippen LogP contribution in [0, 0.1) is 6.92 Å². The Balaban J connectivity index is 1.82. The highest BCUT2D eigenvalue weighted by atomic mass is 35.5. The Labute approximate surface area is 191 Å². The minimum absolute atomic E-state index is 0.0255. The topological polar surface area (TPSA) is 102 Å². The molecule has 0 amide bonds. The second-order valence-corrected chi connectivity index (χ2v) is 10.6. The standard InChI is InChI=1S/C20H18Cl2N2O5S2/c1-13-4-3-5-15(12-13)24-30(25,26)16-8-6-14(7-9-16)23-31(27,28)18-11-10-17(29-2)19(21)20(18)22/h3-12,23-24H,1-2H3. The highest BCUT2D eigenvalue weighted by Crippen LogP contribution is 2.37. The zero-order valence-corrected chi connectivity index (χ0v) is 19.5. The molecule has 164 valence electrons. The molecule has 0 heterocycles. The predicted octanol–water partition coefficient (Wildman–Crippen LogP) is 4.91. The second-order valence-electron chi connectivity index (χ2n) is 6.50. The van der Waals surface area contributed by atoms with Crippen LogP contribution in [0.15, 0.2) is 70.5 Å². The van der Waals surface area contributed by atoms with Crippen LogP contribution in [0.2, 0.25) is 10.0 Å². The molecule has 0 aromatic heterocycles. The van der Waals surface area contributed by atoms with Crippen molar-refractivity contribution in [2.45, 2.75) is 16.7 Å². The summed E-state index contributed by atoms with van der Waals surface area (Å²) in [4.78, 5) is -0.264. The fourth-order valence-corrected chi connectivity index (χ4v) is 5.66. The Hall–Kier alpha value is -2.46. The highest BCUT2D eigenvalue weighted by molar-refractivity contribution is 7.93. The average molecular weight is 501 g/mol. The van der Waals surface area contributed by atoms with Gasteiger partial charge in [-0.15, -0.1) is 0 Å². The van der Waals surface area contributed by atoms with Crippen LogP contribution in [0.4, 0.5) is 11.4 Å². The molecule has 0 aliphatic rings. The van der Waals surface area contributed by atoms with Gasteiger partial charge >= 0.3 is 0 Å². The maximum absolute atomic E-state index is 12.7. The van der Waals surface area contributed by atoms with E-state index in [1.807, 2.05) is 13.0 Å². The monoisotopic (exact) mass is 500 g/mol. The predicted molar refractivity (Wildman–Crippen MR) is 122 cm³/mol. The fourth-order valence-electron chi connectivity index (χ4n) is 2.71. The number of anilines is 2. The highest BCUT2D eigenvalue weighted by Gasteiger charge is 2.22. The normalized spacial score (nSPS) is 11.7. The van der Waals surface area contributed by atoms with E-state index in [1.165, 1.54) is 43.5 Å². The summed E-state index contributed by atoms with van der Waals surface area (Å²) in [6, 6.07) is 14.8. The van der Waals surface area contributed by atoms with E-state index in [4.69, 9.17) is 27.9 Å². The van der Waals surface area contributed by atoms with Crippen molar-refractivity contribution in [3.8, 4) is 5.75 Å². The zero-order chi connectivity index (χ0) is 22.8. The zero-order valence-electron chi connectivity index (χ0n) is 16.4. The first kappa shape index (κ1) is 23.2. The molecule has 0 bridgehead atoms. The number of halogens is 2. The van der Waals surface area contributed by atoms with Crippen molar-refractivity contribution in [2.24, 2.45) is 0 Å². The van der Waals surface area contributed by atoms with Gasteiger partial charge in [0, 0.05) is 11.4 Å². The molecule has 0 saturated heterocycles. The molecule has 0 aliphatic heterocycles. The summed E-state index contributed by atoms with van der Waals surface area (Å²) in [7, 11) is -6.54. The van der Waals surface area contributed by atoms with Crippen LogP contribution < -0.4 is 14.2 Å². The maximum atomic E-state index is 12.7. The van der Waals surface area contributed by atoms with Crippen LogP contribution in [0.3, 0.4) is 0 Å². The first-order chi connectivity index (χ1) is 14.5. The molecule has 0 saturated carbocycles. The first-order valence-electron chi connectivity index (χ1n) is 8.78. The van der Waals surface area contributed by atoms with E-state index in [2.05, 4.69) is 9.44 Å². The van der Waals surface area contributed by atoms with Crippen molar-refractivity contribution in [3.05, 3.63) is 76.3 Å². The molecule has 0 radical (unpaired) electrons. The van der Waals surface area contributed by atoms with E-state index >= 15 is 0 Å². The Morgan fingerprint density at radius 3 is 2.03 bits per heavy atom. The van der Waals surface area contributed by atoms with Gasteiger partial charge in [0.25, 0.3) is 20.0 Å². The SMILES string of the molecule is COc1ccc(S(=O)(=O)Nc2ccc(S(=O)(=O)Nc3cccc(C)c3)cc2)c(Cl)c1Cl. The number of nitrogens with one attached hydrogen (secondary N) is 2. The summed E-state index contributed by atoms with van der Waals surface area (Å²) < 4.78 is 60.4. The number of ether oxygens (including phenoxy) is 1. The average Bonchev–Trinajstić information content (AvgIpc) is 2.69. The van der Waals surface area contributed by atoms with Crippen LogP contribution >= 0.6 is 23.2 Å². The van der Waals surface area contributed by atoms with Crippen LogP contribution in [0.25, 0.3) is 0 Å². The van der Waals surface area contributed by atoms with Crippen molar-refractivity contribution in [2.75, 3.05) is 16.6 Å². The minimum atomic E-state index is -4.08. The van der Waals surface area contributed by atoms with Gasteiger partial charge in [0.2, 0.25) is 0 Å². The van der Waals surface area contributed by atoms with Gasteiger partial charge in [-0.1, -0.05) is 35.3 Å². The Bertz CT molecular complexity index is 1330. The fraction of sp³-hybridized carbons (Fsp3) is 0.100. The molecule has 0 unspecified atom stereocenters. The van der Waals surface area contributed by atoms with Crippen molar-refractivity contribution in [1.29, 1.82) is 0 Å². The molecule has 2 N–H and O–H groups in total. The van der Waals surface area contributed by atoms with Crippen LogP contribution in [-0.4, -0.2) is 23.9 Å². The third kappa shape index (κ3) is 5.24. The van der Waals surface area contributed by atoms with E-state index < -0.39 is 20.0 Å². The van der Waals surface area contributed by atoms with E-state index in [0.717, 1.165) is 5.56 Å². The molecular formula is C20H18Cl2N2O5S2. The number of methoxy groups -OCH3 is 1. The number of hydrogen-bond acceptors (Lipinski definition) is 5. The number of rotatable bonds is 7. The lowest BCUT2D eigenvalue weighted by molar-refractivity contribution is 0.414. The Morgan fingerprint density at radius 2 is 1.42 bits per heavy atom. The number of benzene rings is 3.